The number of nitrogens with one attached hydrogen (secondary N) is 9. The number of nitrogens with two attached hydrogens (primary N) is 1. The number of carbonyl (C=O) groups excluding carboxylic acids is 1. The van der Waals surface area contributed by atoms with E-state index in [1.807, 2.05) is 0 Å². The Bertz CT molecular complexity index is 867. The van der Waals surface area contributed by atoms with Crippen molar-refractivity contribution >= 4 is 23.4 Å². The van der Waals surface area contributed by atoms with Gasteiger partial charge in [-0.25, -0.2) is 4.79 Å². The van der Waals surface area contributed by atoms with Gasteiger partial charge in [-0.2, -0.15) is 0 Å². The number of hydrogen-bond donors (Lipinski definition) is 10. The van der Waals surface area contributed by atoms with Crippen LogP contribution in [0.2, 0.25) is 0 Å². The first-order chi connectivity index (χ1) is 21.0. The fourth-order valence-corrected chi connectivity index (χ4v) is 6.78. The number of thiocarbonyl (C=S) groups is 1. The molecule has 244 valence electrons. The maximum atomic E-state index is 12.2. The van der Waals surface area contributed by atoms with Gasteiger partial charge in [0, 0.05) is 104 Å². The molecule has 1 saturated carbocycles. The number of amides is 1. The van der Waals surface area contributed by atoms with Crippen LogP contribution in [0.3, 0.4) is 0 Å². The Morgan fingerprint density at radius 3 is 1.74 bits per heavy atom. The summed E-state index contributed by atoms with van der Waals surface area (Å²) in [7, 11) is 0. The van der Waals surface area contributed by atoms with Gasteiger partial charge >= 0.3 is 6.09 Å². The van der Waals surface area contributed by atoms with Crippen LogP contribution in [-0.4, -0.2) is 121 Å². The van der Waals surface area contributed by atoms with E-state index in [2.05, 4.69) is 59.7 Å². The Labute approximate surface area is 263 Å². The van der Waals surface area contributed by atoms with Gasteiger partial charge in [0.25, 0.3) is 0 Å². The fraction of sp³-hybridized carbons (Fsp3) is 0.867. The molecular formula is C30H56N10O2S. The Morgan fingerprint density at radius 1 is 0.767 bits per heavy atom. The van der Waals surface area contributed by atoms with E-state index in [1.165, 1.54) is 0 Å². The summed E-state index contributed by atoms with van der Waals surface area (Å²) in [4.78, 5) is 12.2. The first-order valence-corrected chi connectivity index (χ1v) is 16.9. The predicted molar refractivity (Wildman–Crippen MR) is 176 cm³/mol. The molecule has 0 radical (unpaired) electrons. The monoisotopic (exact) mass is 620 g/mol. The van der Waals surface area contributed by atoms with Gasteiger partial charge in [-0.05, 0) is 55.7 Å². The van der Waals surface area contributed by atoms with Crippen molar-refractivity contribution in [3.63, 3.8) is 0 Å². The smallest absolute Gasteiger partial charge is 0.407 e. The lowest BCUT2D eigenvalue weighted by molar-refractivity contribution is 0.137. The fourth-order valence-electron chi connectivity index (χ4n) is 6.47. The largest absolute Gasteiger partial charge is 0.449 e. The lowest BCUT2D eigenvalue weighted by Gasteiger charge is -2.38. The van der Waals surface area contributed by atoms with Crippen LogP contribution in [0.5, 0.6) is 0 Å². The lowest BCUT2D eigenvalue weighted by atomic mass is 9.98. The van der Waals surface area contributed by atoms with E-state index >= 15 is 0 Å². The molecule has 3 saturated heterocycles. The summed E-state index contributed by atoms with van der Waals surface area (Å²) in [6, 6.07) is 0. The summed E-state index contributed by atoms with van der Waals surface area (Å²) in [6.45, 7) is 11.4. The minimum Gasteiger partial charge on any atom is -0.449 e. The molecule has 3 aliphatic heterocycles. The molecule has 0 aromatic rings. The maximum absolute atomic E-state index is 12.2. The Morgan fingerprint density at radius 2 is 1.23 bits per heavy atom. The van der Waals surface area contributed by atoms with Gasteiger partial charge < -0.3 is 58.3 Å². The van der Waals surface area contributed by atoms with Gasteiger partial charge in [0.05, 0.1) is 17.7 Å². The quantitative estimate of drug-likeness (QED) is 0.0862. The summed E-state index contributed by atoms with van der Waals surface area (Å²) in [5, 5.41) is 32.0. The molecule has 5 rings (SSSR count). The van der Waals surface area contributed by atoms with E-state index in [-0.39, 0.29) is 17.2 Å². The van der Waals surface area contributed by atoms with Crippen LogP contribution in [-0.2, 0) is 4.74 Å². The van der Waals surface area contributed by atoms with E-state index in [9.17, 15) is 4.79 Å². The van der Waals surface area contributed by atoms with Gasteiger partial charge in [-0.3, -0.25) is 0 Å². The molecule has 2 aliphatic carbocycles. The topological polar surface area (TPSA) is 161 Å². The summed E-state index contributed by atoms with van der Waals surface area (Å²) in [5.41, 5.74) is 6.07. The number of unbranched alkanes of at least 4 members (excludes halogenated alkanes) is 1. The van der Waals surface area contributed by atoms with Crippen LogP contribution in [0.15, 0.2) is 0 Å². The Balaban J connectivity index is 1.14. The average Bonchev–Trinajstić information content (AvgIpc) is 3.63. The molecule has 1 amide bonds. The van der Waals surface area contributed by atoms with Crippen LogP contribution in [0.4, 0.5) is 4.79 Å². The SMILES string of the molecule is NC12CNCCNCC(NC(=S)NCCCCNC(=O)OCC3[C@H]4CCC#CCC[C@@H]34)(CNCCNC1)CNCCNC2. The first-order valence-electron chi connectivity index (χ1n) is 16.4. The zero-order chi connectivity index (χ0) is 30.2. The van der Waals surface area contributed by atoms with Crippen molar-refractivity contribution in [3.8, 4) is 11.8 Å². The highest BCUT2D eigenvalue weighted by molar-refractivity contribution is 7.80. The van der Waals surface area contributed by atoms with E-state index in [4.69, 9.17) is 22.7 Å². The molecule has 0 aromatic carbocycles. The number of hydrogen-bond acceptors (Lipinski definition) is 10. The lowest BCUT2D eigenvalue weighted by Crippen LogP contribution is -2.68. The minimum absolute atomic E-state index is 0.300. The van der Waals surface area contributed by atoms with Crippen LogP contribution in [0.25, 0.3) is 0 Å². The number of carbonyl (C=O) groups is 1. The predicted octanol–water partition coefficient (Wildman–Crippen LogP) is -1.60. The van der Waals surface area contributed by atoms with Crippen LogP contribution < -0.4 is 53.6 Å². The highest BCUT2D eigenvalue weighted by Crippen LogP contribution is 2.52. The van der Waals surface area contributed by atoms with E-state index in [0.29, 0.717) is 36.0 Å². The number of fused-ring (bicyclic) bond motifs is 16. The summed E-state index contributed by atoms with van der Waals surface area (Å²) < 4.78 is 5.53. The third kappa shape index (κ3) is 12.3. The number of alkyl carbamates (subject to hydrolysis) is 1. The molecule has 11 N–H and O–H groups in total. The van der Waals surface area contributed by atoms with Crippen LogP contribution >= 0.6 is 12.2 Å². The molecule has 3 heterocycles. The Kier molecular flexibility index (Phi) is 14.5. The van der Waals surface area contributed by atoms with Crippen molar-refractivity contribution in [2.75, 3.05) is 98.2 Å². The zero-order valence-corrected chi connectivity index (χ0v) is 26.7. The first kappa shape index (κ1) is 34.1. The third-order valence-electron chi connectivity index (χ3n) is 9.04. The van der Waals surface area contributed by atoms with Crippen molar-refractivity contribution < 1.29 is 9.53 Å². The van der Waals surface area contributed by atoms with E-state index < -0.39 is 0 Å². The summed E-state index contributed by atoms with van der Waals surface area (Å²) >= 11 is 5.74. The second-order valence-corrected chi connectivity index (χ2v) is 13.1. The standard InChI is InChI=1S/C30H56N10O2S/c31-29-18-32-11-14-35-21-30(22-36-15-12-33-19-29,23-37-16-13-34-20-29)40-27(43)38-9-5-6-10-39-28(41)42-17-26-24-7-3-1-2-4-8-25(24)26/h24-26,32-37H,3-23,31H2,(H,39,41)(H2,38,40,43)/t24-,25+,26?,29?,30?. The normalized spacial score (nSPS) is 32.3. The molecule has 5 aliphatic rings. The molecule has 13 heteroatoms. The number of ether oxygens (including phenoxy) is 1. The summed E-state index contributed by atoms with van der Waals surface area (Å²) in [6.07, 6.45) is 5.68. The van der Waals surface area contributed by atoms with Crippen molar-refractivity contribution in [2.45, 2.75) is 49.6 Å². The van der Waals surface area contributed by atoms with Gasteiger partial charge in [0.1, 0.15) is 0 Å². The number of rotatable bonds is 8. The average molecular weight is 621 g/mol. The van der Waals surface area contributed by atoms with Crippen molar-refractivity contribution in [3.05, 3.63) is 0 Å². The van der Waals surface area contributed by atoms with Crippen LogP contribution in [0, 0.1) is 29.6 Å². The van der Waals surface area contributed by atoms with Gasteiger partial charge in [-0.1, -0.05) is 0 Å². The highest BCUT2D eigenvalue weighted by Gasteiger charge is 2.49. The van der Waals surface area contributed by atoms with Gasteiger partial charge in [0.15, 0.2) is 5.11 Å². The van der Waals surface area contributed by atoms with Crippen molar-refractivity contribution in [1.82, 2.24) is 47.9 Å². The molecule has 3 atom stereocenters. The Hall–Kier alpha value is -1.76. The molecule has 2 bridgehead atoms. The van der Waals surface area contributed by atoms with E-state index in [1.54, 1.807) is 0 Å². The second-order valence-electron chi connectivity index (χ2n) is 12.7. The van der Waals surface area contributed by atoms with E-state index in [0.717, 1.165) is 124 Å². The molecule has 12 nitrogen and oxygen atoms in total. The minimum atomic E-state index is -0.332. The molecule has 0 spiro atoms. The maximum Gasteiger partial charge on any atom is 0.407 e. The molecule has 4 fully saturated rings. The molecule has 0 aromatic heterocycles. The molecular weight excluding hydrogens is 564 g/mol. The third-order valence-corrected chi connectivity index (χ3v) is 9.29. The highest BCUT2D eigenvalue weighted by atomic mass is 32.1. The van der Waals surface area contributed by atoms with Crippen molar-refractivity contribution in [2.24, 2.45) is 23.5 Å². The molecule has 1 unspecified atom stereocenters. The molecule has 43 heavy (non-hydrogen) atoms. The van der Waals surface area contributed by atoms with Crippen LogP contribution in [0.1, 0.15) is 38.5 Å². The van der Waals surface area contributed by atoms with Gasteiger partial charge in [0.2, 0.25) is 0 Å². The van der Waals surface area contributed by atoms with Crippen molar-refractivity contribution in [1.29, 1.82) is 0 Å². The zero-order valence-electron chi connectivity index (χ0n) is 25.9. The second kappa shape index (κ2) is 18.3. The van der Waals surface area contributed by atoms with Gasteiger partial charge in [-0.15, -0.1) is 11.8 Å². The summed E-state index contributed by atoms with van der Waals surface area (Å²) in [5.74, 6) is 8.35.